The number of halogens is 2. The number of imide groups is 1. The van der Waals surface area contributed by atoms with E-state index in [0.29, 0.717) is 4.47 Å². The Morgan fingerprint density at radius 1 is 1.41 bits per heavy atom. The zero-order chi connectivity index (χ0) is 12.6. The van der Waals surface area contributed by atoms with Gasteiger partial charge in [-0.2, -0.15) is 0 Å². The van der Waals surface area contributed by atoms with Crippen LogP contribution in [0.2, 0.25) is 0 Å². The molecule has 0 spiro atoms. The normalized spacial score (nSPS) is 24.6. The number of hydrogen-bond donors (Lipinski definition) is 1. The van der Waals surface area contributed by atoms with Crippen LogP contribution >= 0.6 is 15.9 Å². The number of piperidine rings is 1. The summed E-state index contributed by atoms with van der Waals surface area (Å²) in [7, 11) is 0. The molecule has 1 heterocycles. The van der Waals surface area contributed by atoms with Crippen molar-refractivity contribution in [2.75, 3.05) is 0 Å². The molecule has 0 bridgehead atoms. The number of rotatable bonds is 1. The molecule has 0 aromatic heterocycles. The van der Waals surface area contributed by atoms with Crippen LogP contribution in [0.1, 0.15) is 24.8 Å². The van der Waals surface area contributed by atoms with Gasteiger partial charge in [-0.1, -0.05) is 28.9 Å². The molecule has 0 radical (unpaired) electrons. The number of carbonyl (C=O) groups is 2. The van der Waals surface area contributed by atoms with Crippen molar-refractivity contribution in [3.8, 4) is 0 Å². The molecule has 2 rings (SSSR count). The second kappa shape index (κ2) is 4.56. The smallest absolute Gasteiger partial charge is 0.230 e. The lowest BCUT2D eigenvalue weighted by molar-refractivity contribution is -0.136. The molecule has 90 valence electrons. The van der Waals surface area contributed by atoms with Crippen molar-refractivity contribution in [2.45, 2.75) is 19.3 Å². The lowest BCUT2D eigenvalue weighted by atomic mass is 9.81. The molecule has 1 fully saturated rings. The Balaban J connectivity index is 2.37. The molecular formula is C12H11BrFNO2. The molecule has 0 aliphatic carbocycles. The molecule has 1 saturated heterocycles. The monoisotopic (exact) mass is 299 g/mol. The molecule has 17 heavy (non-hydrogen) atoms. The molecule has 0 saturated carbocycles. The summed E-state index contributed by atoms with van der Waals surface area (Å²) in [4.78, 5) is 22.9. The first-order valence-corrected chi connectivity index (χ1v) is 6.07. The average molecular weight is 300 g/mol. The van der Waals surface area contributed by atoms with E-state index in [1.165, 1.54) is 12.1 Å². The van der Waals surface area contributed by atoms with Crippen molar-refractivity contribution < 1.29 is 14.0 Å². The Bertz CT molecular complexity index is 489. The summed E-state index contributed by atoms with van der Waals surface area (Å²) in [6, 6.07) is 4.30. The fourth-order valence-electron chi connectivity index (χ4n) is 2.04. The number of amides is 2. The van der Waals surface area contributed by atoms with Crippen molar-refractivity contribution in [2.24, 2.45) is 5.92 Å². The van der Waals surface area contributed by atoms with Crippen LogP contribution in [0, 0.1) is 11.7 Å². The zero-order valence-electron chi connectivity index (χ0n) is 9.17. The number of carbonyl (C=O) groups excluding carboxylic acids is 2. The minimum absolute atomic E-state index is 0.203. The average Bonchev–Trinajstić information content (AvgIpc) is 2.24. The summed E-state index contributed by atoms with van der Waals surface area (Å²) in [5, 5.41) is 2.29. The van der Waals surface area contributed by atoms with Crippen molar-refractivity contribution >= 4 is 27.7 Å². The highest BCUT2D eigenvalue weighted by molar-refractivity contribution is 9.10. The first-order chi connectivity index (χ1) is 7.99. The van der Waals surface area contributed by atoms with Crippen LogP contribution in [0.4, 0.5) is 4.39 Å². The van der Waals surface area contributed by atoms with E-state index in [1.807, 2.05) is 0 Å². The summed E-state index contributed by atoms with van der Waals surface area (Å²) in [5.74, 6) is -1.41. The fraction of sp³-hybridized carbons (Fsp3) is 0.333. The highest BCUT2D eigenvalue weighted by Gasteiger charge is 2.34. The van der Waals surface area contributed by atoms with E-state index in [0.717, 1.165) is 5.56 Å². The summed E-state index contributed by atoms with van der Waals surface area (Å²) in [5.41, 5.74) is 0.794. The van der Waals surface area contributed by atoms with E-state index >= 15 is 0 Å². The van der Waals surface area contributed by atoms with Crippen molar-refractivity contribution in [1.29, 1.82) is 0 Å². The number of benzene rings is 1. The topological polar surface area (TPSA) is 46.2 Å². The maximum atomic E-state index is 13.0. The van der Waals surface area contributed by atoms with Gasteiger partial charge in [-0.3, -0.25) is 14.9 Å². The zero-order valence-corrected chi connectivity index (χ0v) is 10.8. The highest BCUT2D eigenvalue weighted by atomic mass is 79.9. The Kier molecular flexibility index (Phi) is 3.28. The van der Waals surface area contributed by atoms with Crippen LogP contribution < -0.4 is 5.32 Å². The first-order valence-electron chi connectivity index (χ1n) is 5.27. The van der Waals surface area contributed by atoms with E-state index in [4.69, 9.17) is 0 Å². The third-order valence-corrected chi connectivity index (χ3v) is 3.73. The molecule has 2 amide bonds. The maximum Gasteiger partial charge on any atom is 0.230 e. The maximum absolute atomic E-state index is 13.0. The predicted octanol–water partition coefficient (Wildman–Crippen LogP) is 2.35. The number of hydrogen-bond acceptors (Lipinski definition) is 2. The number of nitrogens with one attached hydrogen (secondary N) is 1. The molecule has 2 unspecified atom stereocenters. The van der Waals surface area contributed by atoms with Crippen LogP contribution in [-0.2, 0) is 9.59 Å². The Morgan fingerprint density at radius 2 is 2.12 bits per heavy atom. The van der Waals surface area contributed by atoms with Gasteiger partial charge in [-0.05, 0) is 17.7 Å². The van der Waals surface area contributed by atoms with E-state index in [2.05, 4.69) is 21.2 Å². The van der Waals surface area contributed by atoms with Crippen LogP contribution in [-0.4, -0.2) is 11.8 Å². The molecule has 1 aliphatic heterocycles. The molecule has 1 aromatic rings. The van der Waals surface area contributed by atoms with Gasteiger partial charge < -0.3 is 0 Å². The fourth-order valence-corrected chi connectivity index (χ4v) is 2.69. The van der Waals surface area contributed by atoms with E-state index in [9.17, 15) is 14.0 Å². The molecular weight excluding hydrogens is 289 g/mol. The van der Waals surface area contributed by atoms with Crippen LogP contribution in [0.25, 0.3) is 0 Å². The summed E-state index contributed by atoms with van der Waals surface area (Å²) >= 11 is 3.27. The van der Waals surface area contributed by atoms with E-state index in [1.54, 1.807) is 13.0 Å². The van der Waals surface area contributed by atoms with Gasteiger partial charge in [0.2, 0.25) is 11.8 Å². The molecule has 3 nitrogen and oxygen atoms in total. The molecule has 2 atom stereocenters. The van der Waals surface area contributed by atoms with Crippen molar-refractivity contribution in [3.63, 3.8) is 0 Å². The Morgan fingerprint density at radius 3 is 2.76 bits per heavy atom. The Labute approximate surface area is 107 Å². The molecule has 1 aliphatic rings. The van der Waals surface area contributed by atoms with Crippen molar-refractivity contribution in [1.82, 2.24) is 5.32 Å². The second-order valence-electron chi connectivity index (χ2n) is 4.18. The summed E-state index contributed by atoms with van der Waals surface area (Å²) < 4.78 is 13.6. The second-order valence-corrected chi connectivity index (χ2v) is 5.03. The first kappa shape index (κ1) is 12.2. The molecule has 1 aromatic carbocycles. The third kappa shape index (κ3) is 2.39. The van der Waals surface area contributed by atoms with Gasteiger partial charge in [-0.15, -0.1) is 0 Å². The van der Waals surface area contributed by atoms with Crippen LogP contribution in [0.15, 0.2) is 22.7 Å². The minimum atomic E-state index is -0.347. The standard InChI is InChI=1S/C12H11BrFNO2/c1-6-9(5-11(16)15-12(6)17)8-3-2-7(14)4-10(8)13/h2-4,6,9H,5H2,1H3,(H,15,16,17). The molecule has 5 heteroatoms. The Hall–Kier alpha value is -1.23. The van der Waals surface area contributed by atoms with Gasteiger partial charge in [-0.25, -0.2) is 4.39 Å². The van der Waals surface area contributed by atoms with Gasteiger partial charge in [0.1, 0.15) is 5.82 Å². The summed E-state index contributed by atoms with van der Waals surface area (Å²) in [6.45, 7) is 1.77. The lowest BCUT2D eigenvalue weighted by Crippen LogP contribution is -2.43. The van der Waals surface area contributed by atoms with Gasteiger partial charge in [0, 0.05) is 22.7 Å². The van der Waals surface area contributed by atoms with Gasteiger partial charge >= 0.3 is 0 Å². The van der Waals surface area contributed by atoms with Gasteiger partial charge in [0.25, 0.3) is 0 Å². The summed E-state index contributed by atoms with van der Waals surface area (Å²) in [6.07, 6.45) is 0.247. The quantitative estimate of drug-likeness (QED) is 0.809. The molecule has 1 N–H and O–H groups in total. The third-order valence-electron chi connectivity index (χ3n) is 3.05. The van der Waals surface area contributed by atoms with Crippen LogP contribution in [0.3, 0.4) is 0 Å². The SMILES string of the molecule is CC1C(=O)NC(=O)CC1c1ccc(F)cc1Br. The van der Waals surface area contributed by atoms with Crippen molar-refractivity contribution in [3.05, 3.63) is 34.1 Å². The highest BCUT2D eigenvalue weighted by Crippen LogP contribution is 2.35. The van der Waals surface area contributed by atoms with E-state index < -0.39 is 0 Å². The van der Waals surface area contributed by atoms with Gasteiger partial charge in [0.05, 0.1) is 0 Å². The van der Waals surface area contributed by atoms with E-state index in [-0.39, 0.29) is 35.9 Å². The predicted molar refractivity (Wildman–Crippen MR) is 63.8 cm³/mol. The largest absolute Gasteiger partial charge is 0.296 e. The van der Waals surface area contributed by atoms with Gasteiger partial charge in [0.15, 0.2) is 0 Å². The van der Waals surface area contributed by atoms with Crippen LogP contribution in [0.5, 0.6) is 0 Å². The lowest BCUT2D eigenvalue weighted by Gasteiger charge is -2.28. The minimum Gasteiger partial charge on any atom is -0.296 e.